The summed E-state index contributed by atoms with van der Waals surface area (Å²) < 4.78 is 12.9. The van der Waals surface area contributed by atoms with Crippen LogP contribution < -0.4 is 10.6 Å². The van der Waals surface area contributed by atoms with Gasteiger partial charge in [0.15, 0.2) is 0 Å². The average molecular weight is 440 g/mol. The summed E-state index contributed by atoms with van der Waals surface area (Å²) in [5.74, 6) is -1.44. The SMILES string of the molecule is CN(CC(=O)Nc1c(Cl)cccc1Cl)C(=O)CCCNC(=O)c1ccc(F)cc1. The minimum absolute atomic E-state index is 0.153. The van der Waals surface area contributed by atoms with Crippen LogP contribution in [-0.4, -0.2) is 42.8 Å². The highest BCUT2D eigenvalue weighted by molar-refractivity contribution is 6.39. The van der Waals surface area contributed by atoms with E-state index in [1.165, 1.54) is 36.2 Å². The van der Waals surface area contributed by atoms with Gasteiger partial charge in [-0.1, -0.05) is 29.3 Å². The molecule has 0 bridgehead atoms. The highest BCUT2D eigenvalue weighted by Gasteiger charge is 2.15. The molecule has 0 aromatic heterocycles. The Labute approximate surface area is 178 Å². The summed E-state index contributed by atoms with van der Waals surface area (Å²) in [7, 11) is 1.51. The molecule has 0 saturated heterocycles. The van der Waals surface area contributed by atoms with Crippen LogP contribution >= 0.6 is 23.2 Å². The number of carbonyl (C=O) groups is 3. The smallest absolute Gasteiger partial charge is 0.251 e. The number of nitrogens with one attached hydrogen (secondary N) is 2. The quantitative estimate of drug-likeness (QED) is 0.614. The molecule has 3 amide bonds. The van der Waals surface area contributed by atoms with E-state index in [4.69, 9.17) is 23.2 Å². The van der Waals surface area contributed by atoms with Crippen LogP contribution in [0, 0.1) is 5.82 Å². The van der Waals surface area contributed by atoms with Gasteiger partial charge in [-0.2, -0.15) is 0 Å². The molecule has 0 radical (unpaired) electrons. The Kier molecular flexibility index (Phi) is 8.42. The first-order valence-corrected chi connectivity index (χ1v) is 9.55. The van der Waals surface area contributed by atoms with Gasteiger partial charge in [-0.3, -0.25) is 14.4 Å². The second-order valence-electron chi connectivity index (χ2n) is 6.26. The lowest BCUT2D eigenvalue weighted by atomic mass is 10.2. The molecule has 6 nitrogen and oxygen atoms in total. The van der Waals surface area contributed by atoms with E-state index in [2.05, 4.69) is 10.6 Å². The molecule has 0 spiro atoms. The van der Waals surface area contributed by atoms with Gasteiger partial charge < -0.3 is 15.5 Å². The van der Waals surface area contributed by atoms with Crippen molar-refractivity contribution in [3.8, 4) is 0 Å². The number of nitrogens with zero attached hydrogens (tertiary/aromatic N) is 1. The number of para-hydroxylation sites is 1. The maximum Gasteiger partial charge on any atom is 0.251 e. The Hall–Kier alpha value is -2.64. The van der Waals surface area contributed by atoms with Crippen molar-refractivity contribution in [2.24, 2.45) is 0 Å². The molecule has 29 heavy (non-hydrogen) atoms. The van der Waals surface area contributed by atoms with E-state index in [9.17, 15) is 18.8 Å². The average Bonchev–Trinajstić information content (AvgIpc) is 2.68. The van der Waals surface area contributed by atoms with Gasteiger partial charge in [0.2, 0.25) is 11.8 Å². The van der Waals surface area contributed by atoms with Crippen LogP contribution in [0.3, 0.4) is 0 Å². The standard InChI is InChI=1S/C20H20Cl2FN3O3/c1-26(12-17(27)25-19-15(21)4-2-5-16(19)22)18(28)6-3-11-24-20(29)13-7-9-14(23)10-8-13/h2,4-5,7-10H,3,6,11-12H2,1H3,(H,24,29)(H,25,27). The van der Waals surface area contributed by atoms with Crippen molar-refractivity contribution in [2.75, 3.05) is 25.5 Å². The molecule has 154 valence electrons. The predicted molar refractivity (Wildman–Crippen MR) is 111 cm³/mol. The molecular weight excluding hydrogens is 420 g/mol. The number of amides is 3. The Morgan fingerprint density at radius 3 is 2.28 bits per heavy atom. The van der Waals surface area contributed by atoms with Crippen molar-refractivity contribution in [2.45, 2.75) is 12.8 Å². The van der Waals surface area contributed by atoms with E-state index in [1.54, 1.807) is 18.2 Å². The maximum atomic E-state index is 12.9. The van der Waals surface area contributed by atoms with E-state index in [0.717, 1.165) is 0 Å². The summed E-state index contributed by atoms with van der Waals surface area (Å²) in [5.41, 5.74) is 0.634. The number of benzene rings is 2. The second kappa shape index (κ2) is 10.8. The molecule has 0 unspecified atom stereocenters. The first-order chi connectivity index (χ1) is 13.8. The molecule has 0 aliphatic rings. The lowest BCUT2D eigenvalue weighted by Gasteiger charge is -2.17. The normalized spacial score (nSPS) is 10.3. The lowest BCUT2D eigenvalue weighted by molar-refractivity contribution is -0.133. The minimum Gasteiger partial charge on any atom is -0.352 e. The number of hydrogen-bond donors (Lipinski definition) is 2. The van der Waals surface area contributed by atoms with Gasteiger partial charge in [0, 0.05) is 25.6 Å². The molecule has 0 aliphatic heterocycles. The summed E-state index contributed by atoms with van der Waals surface area (Å²) in [6.07, 6.45) is 0.550. The van der Waals surface area contributed by atoms with Crippen molar-refractivity contribution in [1.29, 1.82) is 0 Å². The fourth-order valence-electron chi connectivity index (χ4n) is 2.44. The molecule has 0 atom stereocenters. The van der Waals surface area contributed by atoms with E-state index in [-0.39, 0.29) is 31.3 Å². The van der Waals surface area contributed by atoms with Crippen LogP contribution in [0.4, 0.5) is 10.1 Å². The van der Waals surface area contributed by atoms with Crippen molar-refractivity contribution in [3.63, 3.8) is 0 Å². The zero-order chi connectivity index (χ0) is 21.4. The summed E-state index contributed by atoms with van der Waals surface area (Å²) in [5, 5.41) is 5.85. The van der Waals surface area contributed by atoms with Crippen LogP contribution in [0.5, 0.6) is 0 Å². The van der Waals surface area contributed by atoms with Gasteiger partial charge in [-0.15, -0.1) is 0 Å². The monoisotopic (exact) mass is 439 g/mol. The van der Waals surface area contributed by atoms with Gasteiger partial charge in [0.1, 0.15) is 5.82 Å². The predicted octanol–water partition coefficient (Wildman–Crippen LogP) is 3.74. The molecule has 0 heterocycles. The fraction of sp³-hybridized carbons (Fsp3) is 0.250. The molecule has 0 aliphatic carbocycles. The van der Waals surface area contributed by atoms with Crippen molar-refractivity contribution >= 4 is 46.6 Å². The molecular formula is C20H20Cl2FN3O3. The third-order valence-corrected chi connectivity index (χ3v) is 4.62. The number of halogens is 3. The van der Waals surface area contributed by atoms with Crippen LogP contribution in [0.25, 0.3) is 0 Å². The summed E-state index contributed by atoms with van der Waals surface area (Å²) in [4.78, 5) is 37.5. The number of likely N-dealkylation sites (N-methyl/N-ethyl adjacent to an activating group) is 1. The fourth-order valence-corrected chi connectivity index (χ4v) is 2.93. The molecule has 2 rings (SSSR count). The molecule has 2 N–H and O–H groups in total. The number of hydrogen-bond acceptors (Lipinski definition) is 3. The van der Waals surface area contributed by atoms with Gasteiger partial charge >= 0.3 is 0 Å². The van der Waals surface area contributed by atoms with Gasteiger partial charge in [0.25, 0.3) is 5.91 Å². The van der Waals surface area contributed by atoms with Crippen LogP contribution in [0.1, 0.15) is 23.2 Å². The zero-order valence-corrected chi connectivity index (χ0v) is 17.2. The van der Waals surface area contributed by atoms with Crippen molar-refractivity contribution < 1.29 is 18.8 Å². The Bertz CT molecular complexity index is 871. The van der Waals surface area contributed by atoms with Gasteiger partial charge in [-0.25, -0.2) is 4.39 Å². The number of rotatable bonds is 8. The first kappa shape index (κ1) is 22.6. The Morgan fingerprint density at radius 2 is 1.66 bits per heavy atom. The second-order valence-corrected chi connectivity index (χ2v) is 7.08. The molecule has 0 saturated carbocycles. The first-order valence-electron chi connectivity index (χ1n) is 8.79. The maximum absolute atomic E-state index is 12.9. The topological polar surface area (TPSA) is 78.5 Å². The molecule has 2 aromatic carbocycles. The van der Waals surface area contributed by atoms with Crippen molar-refractivity contribution in [1.82, 2.24) is 10.2 Å². The largest absolute Gasteiger partial charge is 0.352 e. The van der Waals surface area contributed by atoms with E-state index < -0.39 is 11.7 Å². The highest BCUT2D eigenvalue weighted by Crippen LogP contribution is 2.29. The summed E-state index contributed by atoms with van der Waals surface area (Å²) in [6, 6.07) is 10.0. The number of carbonyl (C=O) groups excluding carboxylic acids is 3. The van der Waals surface area contributed by atoms with Gasteiger partial charge in [-0.05, 0) is 42.8 Å². The molecule has 9 heteroatoms. The van der Waals surface area contributed by atoms with Crippen LogP contribution in [0.15, 0.2) is 42.5 Å². The van der Waals surface area contributed by atoms with E-state index in [1.807, 2.05) is 0 Å². The highest BCUT2D eigenvalue weighted by atomic mass is 35.5. The third kappa shape index (κ3) is 7.03. The van der Waals surface area contributed by atoms with Crippen molar-refractivity contribution in [3.05, 3.63) is 63.9 Å². The lowest BCUT2D eigenvalue weighted by Crippen LogP contribution is -2.35. The minimum atomic E-state index is -0.430. The van der Waals surface area contributed by atoms with Gasteiger partial charge in [0.05, 0.1) is 22.3 Å². The summed E-state index contributed by atoms with van der Waals surface area (Å²) >= 11 is 12.0. The number of anilines is 1. The van der Waals surface area contributed by atoms with Crippen LogP contribution in [0.2, 0.25) is 10.0 Å². The third-order valence-electron chi connectivity index (χ3n) is 3.99. The molecule has 2 aromatic rings. The van der Waals surface area contributed by atoms with E-state index >= 15 is 0 Å². The van der Waals surface area contributed by atoms with E-state index in [0.29, 0.717) is 27.7 Å². The zero-order valence-electron chi connectivity index (χ0n) is 15.7. The Balaban J connectivity index is 1.72. The molecule has 0 fully saturated rings. The Morgan fingerprint density at radius 1 is 1.03 bits per heavy atom. The summed E-state index contributed by atoms with van der Waals surface area (Å²) in [6.45, 7) is 0.111. The van der Waals surface area contributed by atoms with Crippen LogP contribution in [-0.2, 0) is 9.59 Å².